The second-order valence-electron chi connectivity index (χ2n) is 8.04. The van der Waals surface area contributed by atoms with Gasteiger partial charge in [-0.15, -0.1) is 0 Å². The molecule has 0 bridgehead atoms. The molecule has 1 aliphatic heterocycles. The fourth-order valence-corrected chi connectivity index (χ4v) is 4.39. The highest BCUT2D eigenvalue weighted by Crippen LogP contribution is 2.33. The molecule has 5 nitrogen and oxygen atoms in total. The molecule has 4 rings (SSSR count). The van der Waals surface area contributed by atoms with Crippen LogP contribution in [0.15, 0.2) is 72.8 Å². The van der Waals surface area contributed by atoms with E-state index in [4.69, 9.17) is 9.47 Å². The SMILES string of the molecule is COc1cc2c(cc1OC)CN(C(=O)NCCC(c1ccccc1)c1ccccc1)CC2. The summed E-state index contributed by atoms with van der Waals surface area (Å²) in [6, 6.07) is 24.9. The van der Waals surface area contributed by atoms with E-state index in [-0.39, 0.29) is 11.9 Å². The Morgan fingerprint density at radius 3 is 2.03 bits per heavy atom. The first-order chi connectivity index (χ1) is 15.7. The lowest BCUT2D eigenvalue weighted by atomic mass is 9.88. The highest BCUT2D eigenvalue weighted by atomic mass is 16.5. The first-order valence-corrected chi connectivity index (χ1v) is 11.1. The summed E-state index contributed by atoms with van der Waals surface area (Å²) < 4.78 is 10.8. The van der Waals surface area contributed by atoms with E-state index in [0.717, 1.165) is 24.2 Å². The molecular weight excluding hydrogens is 400 g/mol. The number of benzene rings is 3. The van der Waals surface area contributed by atoms with E-state index in [1.54, 1.807) is 14.2 Å². The molecule has 5 heteroatoms. The summed E-state index contributed by atoms with van der Waals surface area (Å²) in [6.45, 7) is 1.88. The van der Waals surface area contributed by atoms with Crippen LogP contribution in [0.1, 0.15) is 34.6 Å². The molecule has 1 N–H and O–H groups in total. The van der Waals surface area contributed by atoms with Gasteiger partial charge in [0.05, 0.1) is 14.2 Å². The highest BCUT2D eigenvalue weighted by Gasteiger charge is 2.23. The van der Waals surface area contributed by atoms with Crippen molar-refractivity contribution < 1.29 is 14.3 Å². The summed E-state index contributed by atoms with van der Waals surface area (Å²) in [5.41, 5.74) is 4.84. The maximum Gasteiger partial charge on any atom is 0.317 e. The van der Waals surface area contributed by atoms with Crippen LogP contribution in [0.4, 0.5) is 4.79 Å². The number of carbonyl (C=O) groups excluding carboxylic acids is 1. The van der Waals surface area contributed by atoms with Crippen LogP contribution in [-0.4, -0.2) is 38.2 Å². The van der Waals surface area contributed by atoms with Gasteiger partial charge in [-0.2, -0.15) is 0 Å². The molecule has 1 heterocycles. The molecule has 3 aromatic carbocycles. The Balaban J connectivity index is 1.39. The second-order valence-corrected chi connectivity index (χ2v) is 8.04. The number of methoxy groups -OCH3 is 2. The van der Waals surface area contributed by atoms with E-state index < -0.39 is 0 Å². The van der Waals surface area contributed by atoms with Crippen molar-refractivity contribution in [3.05, 3.63) is 95.1 Å². The Labute approximate surface area is 190 Å². The molecule has 0 spiro atoms. The summed E-state index contributed by atoms with van der Waals surface area (Å²) in [5, 5.41) is 3.14. The summed E-state index contributed by atoms with van der Waals surface area (Å²) in [7, 11) is 3.28. The topological polar surface area (TPSA) is 50.8 Å². The predicted molar refractivity (Wildman–Crippen MR) is 126 cm³/mol. The van der Waals surface area contributed by atoms with E-state index in [0.29, 0.717) is 25.4 Å². The average Bonchev–Trinajstić information content (AvgIpc) is 2.86. The number of fused-ring (bicyclic) bond motifs is 1. The van der Waals surface area contributed by atoms with Crippen LogP contribution in [0.2, 0.25) is 0 Å². The third-order valence-corrected chi connectivity index (χ3v) is 6.12. The first kappa shape index (κ1) is 21.8. The van der Waals surface area contributed by atoms with Crippen molar-refractivity contribution in [2.24, 2.45) is 0 Å². The van der Waals surface area contributed by atoms with Crippen molar-refractivity contribution in [2.75, 3.05) is 27.3 Å². The van der Waals surface area contributed by atoms with Gasteiger partial charge in [-0.3, -0.25) is 0 Å². The highest BCUT2D eigenvalue weighted by molar-refractivity contribution is 5.74. The molecule has 0 atom stereocenters. The van der Waals surface area contributed by atoms with Crippen LogP contribution >= 0.6 is 0 Å². The van der Waals surface area contributed by atoms with Gasteiger partial charge in [-0.05, 0) is 47.2 Å². The van der Waals surface area contributed by atoms with Crippen LogP contribution in [0, 0.1) is 0 Å². The zero-order valence-electron chi connectivity index (χ0n) is 18.7. The summed E-state index contributed by atoms with van der Waals surface area (Å²) >= 11 is 0. The maximum atomic E-state index is 12.9. The predicted octanol–water partition coefficient (Wildman–Crippen LogP) is 4.99. The summed E-state index contributed by atoms with van der Waals surface area (Å²) in [4.78, 5) is 14.8. The Hall–Kier alpha value is -3.47. The molecule has 0 unspecified atom stereocenters. The van der Waals surface area contributed by atoms with Crippen molar-refractivity contribution in [3.63, 3.8) is 0 Å². The van der Waals surface area contributed by atoms with Crippen LogP contribution < -0.4 is 14.8 Å². The van der Waals surface area contributed by atoms with E-state index in [1.807, 2.05) is 29.2 Å². The Bertz CT molecular complexity index is 998. The molecule has 2 amide bonds. The fourth-order valence-electron chi connectivity index (χ4n) is 4.39. The third-order valence-electron chi connectivity index (χ3n) is 6.12. The first-order valence-electron chi connectivity index (χ1n) is 11.1. The molecule has 0 aliphatic carbocycles. The molecule has 0 radical (unpaired) electrons. The standard InChI is InChI=1S/C27H30N2O3/c1-31-25-17-22-14-16-29(19-23(22)18-26(25)32-2)27(30)28-15-13-24(20-9-5-3-6-10-20)21-11-7-4-8-12-21/h3-12,17-18,24H,13-16,19H2,1-2H3,(H,28,30). The summed E-state index contributed by atoms with van der Waals surface area (Å²) in [5.74, 6) is 1.68. The molecule has 0 aromatic heterocycles. The van der Waals surface area contributed by atoms with Gasteiger partial charge < -0.3 is 19.7 Å². The van der Waals surface area contributed by atoms with Crippen molar-refractivity contribution in [3.8, 4) is 11.5 Å². The monoisotopic (exact) mass is 430 g/mol. The number of amides is 2. The molecule has 32 heavy (non-hydrogen) atoms. The minimum Gasteiger partial charge on any atom is -0.493 e. The van der Waals surface area contributed by atoms with Crippen LogP contribution in [-0.2, 0) is 13.0 Å². The van der Waals surface area contributed by atoms with Gasteiger partial charge in [0, 0.05) is 25.6 Å². The normalized spacial score (nSPS) is 12.9. The Morgan fingerprint density at radius 2 is 1.47 bits per heavy atom. The van der Waals surface area contributed by atoms with Gasteiger partial charge in [-0.25, -0.2) is 4.79 Å². The van der Waals surface area contributed by atoms with Gasteiger partial charge in [-0.1, -0.05) is 60.7 Å². The quantitative estimate of drug-likeness (QED) is 0.574. The fraction of sp³-hybridized carbons (Fsp3) is 0.296. The molecule has 1 aliphatic rings. The Morgan fingerprint density at radius 1 is 0.906 bits per heavy atom. The van der Waals surface area contributed by atoms with Crippen molar-refractivity contribution in [1.82, 2.24) is 10.2 Å². The van der Waals surface area contributed by atoms with Crippen LogP contribution in [0.5, 0.6) is 11.5 Å². The van der Waals surface area contributed by atoms with Gasteiger partial charge in [0.25, 0.3) is 0 Å². The zero-order valence-corrected chi connectivity index (χ0v) is 18.7. The van der Waals surface area contributed by atoms with Crippen LogP contribution in [0.3, 0.4) is 0 Å². The molecule has 0 fully saturated rings. The maximum absolute atomic E-state index is 12.9. The van der Waals surface area contributed by atoms with Crippen molar-refractivity contribution in [2.45, 2.75) is 25.3 Å². The zero-order chi connectivity index (χ0) is 22.3. The lowest BCUT2D eigenvalue weighted by molar-refractivity contribution is 0.192. The van der Waals surface area contributed by atoms with E-state index in [2.05, 4.69) is 53.8 Å². The molecule has 166 valence electrons. The Kier molecular flexibility index (Phi) is 6.95. The molecule has 0 saturated heterocycles. The van der Waals surface area contributed by atoms with Crippen LogP contribution in [0.25, 0.3) is 0 Å². The number of ether oxygens (including phenoxy) is 2. The second kappa shape index (κ2) is 10.2. The number of urea groups is 1. The van der Waals surface area contributed by atoms with Crippen molar-refractivity contribution in [1.29, 1.82) is 0 Å². The van der Waals surface area contributed by atoms with Gasteiger partial charge in [0.2, 0.25) is 0 Å². The minimum absolute atomic E-state index is 0.0229. The average molecular weight is 431 g/mol. The number of nitrogens with zero attached hydrogens (tertiary/aromatic N) is 1. The lowest BCUT2D eigenvalue weighted by Crippen LogP contribution is -2.43. The molecule has 0 saturated carbocycles. The number of hydrogen-bond acceptors (Lipinski definition) is 3. The molecular formula is C27H30N2O3. The van der Waals surface area contributed by atoms with E-state index in [9.17, 15) is 4.79 Å². The number of hydrogen-bond donors (Lipinski definition) is 1. The van der Waals surface area contributed by atoms with E-state index in [1.165, 1.54) is 16.7 Å². The third kappa shape index (κ3) is 4.88. The van der Waals surface area contributed by atoms with E-state index >= 15 is 0 Å². The summed E-state index contributed by atoms with van der Waals surface area (Å²) in [6.07, 6.45) is 1.65. The largest absolute Gasteiger partial charge is 0.493 e. The van der Waals surface area contributed by atoms with Crippen molar-refractivity contribution >= 4 is 6.03 Å². The minimum atomic E-state index is -0.0229. The van der Waals surface area contributed by atoms with Gasteiger partial charge in [0.1, 0.15) is 0 Å². The number of carbonyl (C=O) groups is 1. The van der Waals surface area contributed by atoms with Gasteiger partial charge >= 0.3 is 6.03 Å². The number of rotatable bonds is 7. The smallest absolute Gasteiger partial charge is 0.317 e. The molecule has 3 aromatic rings. The lowest BCUT2D eigenvalue weighted by Gasteiger charge is -2.30. The number of nitrogens with one attached hydrogen (secondary N) is 1. The van der Waals surface area contributed by atoms with Gasteiger partial charge in [0.15, 0.2) is 11.5 Å².